The first kappa shape index (κ1) is 20.2. The SMILES string of the molecule is O=C1NC(Cc2ccc(Oc3ccc(/C=C4/C(=O)Nc5ccccc54)c(Cl)c3)cc2)CO1. The molecule has 2 N–H and O–H groups in total. The van der Waals surface area contributed by atoms with Crippen molar-refractivity contribution >= 4 is 40.9 Å². The Kier molecular flexibility index (Phi) is 5.29. The Bertz CT molecular complexity index is 1240. The zero-order valence-corrected chi connectivity index (χ0v) is 17.7. The highest BCUT2D eigenvalue weighted by Crippen LogP contribution is 2.35. The highest BCUT2D eigenvalue weighted by Gasteiger charge is 2.24. The summed E-state index contributed by atoms with van der Waals surface area (Å²) in [6.07, 6.45) is 2.11. The van der Waals surface area contributed by atoms with Crippen molar-refractivity contribution in [2.75, 3.05) is 11.9 Å². The van der Waals surface area contributed by atoms with E-state index >= 15 is 0 Å². The first-order valence-electron chi connectivity index (χ1n) is 10.2. The molecule has 1 fully saturated rings. The van der Waals surface area contributed by atoms with Crippen LogP contribution < -0.4 is 15.4 Å². The summed E-state index contributed by atoms with van der Waals surface area (Å²) in [5, 5.41) is 6.11. The number of amides is 2. The number of carbonyl (C=O) groups is 2. The average molecular weight is 447 g/mol. The number of nitrogens with one attached hydrogen (secondary N) is 2. The van der Waals surface area contributed by atoms with Crippen molar-refractivity contribution in [1.29, 1.82) is 0 Å². The molecule has 3 aromatic carbocycles. The summed E-state index contributed by atoms with van der Waals surface area (Å²) in [7, 11) is 0. The van der Waals surface area contributed by atoms with E-state index < -0.39 is 0 Å². The molecule has 0 aromatic heterocycles. The van der Waals surface area contributed by atoms with Gasteiger partial charge < -0.3 is 20.1 Å². The predicted molar refractivity (Wildman–Crippen MR) is 123 cm³/mol. The molecule has 0 bridgehead atoms. The smallest absolute Gasteiger partial charge is 0.407 e. The molecular formula is C25H19ClN2O4. The lowest BCUT2D eigenvalue weighted by Gasteiger charge is -2.10. The van der Waals surface area contributed by atoms with E-state index in [0.29, 0.717) is 35.1 Å². The summed E-state index contributed by atoms with van der Waals surface area (Å²) < 4.78 is 10.8. The van der Waals surface area contributed by atoms with Crippen molar-refractivity contribution in [1.82, 2.24) is 5.32 Å². The number of benzene rings is 3. The lowest BCUT2D eigenvalue weighted by atomic mass is 10.0. The lowest BCUT2D eigenvalue weighted by molar-refractivity contribution is -0.110. The Morgan fingerprint density at radius 1 is 1.03 bits per heavy atom. The number of rotatable bonds is 5. The molecule has 1 unspecified atom stereocenters. The molecule has 0 radical (unpaired) electrons. The Hall–Kier alpha value is -3.77. The van der Waals surface area contributed by atoms with Crippen molar-refractivity contribution in [2.24, 2.45) is 0 Å². The van der Waals surface area contributed by atoms with Gasteiger partial charge in [-0.2, -0.15) is 0 Å². The average Bonchev–Trinajstić information content (AvgIpc) is 3.33. The van der Waals surface area contributed by atoms with E-state index in [9.17, 15) is 9.59 Å². The number of alkyl carbamates (subject to hydrolysis) is 1. The van der Waals surface area contributed by atoms with Crippen molar-refractivity contribution < 1.29 is 19.1 Å². The van der Waals surface area contributed by atoms with Crippen LogP contribution in [0.5, 0.6) is 11.5 Å². The first-order chi connectivity index (χ1) is 15.5. The molecule has 1 atom stereocenters. The monoisotopic (exact) mass is 446 g/mol. The molecule has 0 saturated carbocycles. The molecule has 1 saturated heterocycles. The Morgan fingerprint density at radius 2 is 1.81 bits per heavy atom. The van der Waals surface area contributed by atoms with Gasteiger partial charge in [-0.25, -0.2) is 4.79 Å². The first-order valence-corrected chi connectivity index (χ1v) is 10.5. The molecule has 3 aromatic rings. The van der Waals surface area contributed by atoms with E-state index in [1.54, 1.807) is 12.1 Å². The standard InChI is InChI=1S/C25H19ClN2O4/c26-22-13-19(32-18-8-5-15(6-9-18)11-17-14-31-25(30)27-17)10-7-16(22)12-21-20-3-1-2-4-23(20)28-24(21)29/h1-10,12-13,17H,11,14H2,(H,27,30)(H,28,29)/b21-12+. The molecule has 32 heavy (non-hydrogen) atoms. The Morgan fingerprint density at radius 3 is 2.56 bits per heavy atom. The maximum Gasteiger partial charge on any atom is 0.407 e. The van der Waals surface area contributed by atoms with Gasteiger partial charge in [-0.15, -0.1) is 0 Å². The molecule has 0 aliphatic carbocycles. The second-order valence-corrected chi connectivity index (χ2v) is 8.04. The normalized spacial score (nSPS) is 18.2. The van der Waals surface area contributed by atoms with Crippen LogP contribution in [-0.2, 0) is 16.0 Å². The fourth-order valence-electron chi connectivity index (χ4n) is 3.78. The van der Waals surface area contributed by atoms with Crippen LogP contribution in [0.4, 0.5) is 10.5 Å². The number of fused-ring (bicyclic) bond motifs is 1. The summed E-state index contributed by atoms with van der Waals surface area (Å²) in [6, 6.07) is 20.6. The minimum Gasteiger partial charge on any atom is -0.457 e. The van der Waals surface area contributed by atoms with Gasteiger partial charge in [0.05, 0.1) is 11.1 Å². The molecule has 7 heteroatoms. The largest absolute Gasteiger partial charge is 0.457 e. The maximum atomic E-state index is 12.3. The molecule has 2 heterocycles. The summed E-state index contributed by atoms with van der Waals surface area (Å²) >= 11 is 6.48. The molecule has 6 nitrogen and oxygen atoms in total. The van der Waals surface area contributed by atoms with Gasteiger partial charge in [-0.05, 0) is 60.0 Å². The van der Waals surface area contributed by atoms with Crippen molar-refractivity contribution in [3.63, 3.8) is 0 Å². The number of ether oxygens (including phenoxy) is 2. The second kappa shape index (κ2) is 8.40. The number of carbonyl (C=O) groups excluding carboxylic acids is 2. The zero-order chi connectivity index (χ0) is 22.1. The number of hydrogen-bond donors (Lipinski definition) is 2. The van der Waals surface area contributed by atoms with Crippen LogP contribution in [0.3, 0.4) is 0 Å². The predicted octanol–water partition coefficient (Wildman–Crippen LogP) is 5.28. The number of cyclic esters (lactones) is 1. The third kappa shape index (κ3) is 4.18. The van der Waals surface area contributed by atoms with Gasteiger partial charge in [0.2, 0.25) is 0 Å². The summed E-state index contributed by atoms with van der Waals surface area (Å²) in [6.45, 7) is 0.380. The Labute approximate surface area is 189 Å². The number of hydrogen-bond acceptors (Lipinski definition) is 4. The van der Waals surface area contributed by atoms with Gasteiger partial charge >= 0.3 is 6.09 Å². The van der Waals surface area contributed by atoms with E-state index in [1.807, 2.05) is 60.7 Å². The third-order valence-electron chi connectivity index (χ3n) is 5.36. The van der Waals surface area contributed by atoms with Gasteiger partial charge in [-0.3, -0.25) is 4.79 Å². The van der Waals surface area contributed by atoms with Crippen molar-refractivity contribution in [2.45, 2.75) is 12.5 Å². The van der Waals surface area contributed by atoms with E-state index in [0.717, 1.165) is 22.4 Å². The quantitative estimate of drug-likeness (QED) is 0.523. The van der Waals surface area contributed by atoms with Crippen molar-refractivity contribution in [3.05, 3.63) is 88.4 Å². The summed E-state index contributed by atoms with van der Waals surface area (Å²) in [4.78, 5) is 23.5. The Balaban J connectivity index is 1.29. The van der Waals surface area contributed by atoms with E-state index in [2.05, 4.69) is 10.6 Å². The van der Waals surface area contributed by atoms with Gasteiger partial charge in [0.15, 0.2) is 0 Å². The van der Waals surface area contributed by atoms with Gasteiger partial charge in [0, 0.05) is 16.8 Å². The summed E-state index contributed by atoms with van der Waals surface area (Å²) in [5.41, 5.74) is 4.04. The van der Waals surface area contributed by atoms with E-state index in [-0.39, 0.29) is 18.0 Å². The second-order valence-electron chi connectivity index (χ2n) is 7.63. The highest BCUT2D eigenvalue weighted by atomic mass is 35.5. The molecule has 5 rings (SSSR count). The zero-order valence-electron chi connectivity index (χ0n) is 16.9. The van der Waals surface area contributed by atoms with Crippen molar-refractivity contribution in [3.8, 4) is 11.5 Å². The van der Waals surface area contributed by atoms with Crippen LogP contribution in [0.2, 0.25) is 5.02 Å². The van der Waals surface area contributed by atoms with E-state index in [4.69, 9.17) is 21.1 Å². The minimum absolute atomic E-state index is 0.0105. The fraction of sp³-hybridized carbons (Fsp3) is 0.120. The molecule has 0 spiro atoms. The molecule has 2 aliphatic heterocycles. The van der Waals surface area contributed by atoms with Crippen LogP contribution >= 0.6 is 11.6 Å². The summed E-state index contributed by atoms with van der Waals surface area (Å²) in [5.74, 6) is 1.12. The fourth-order valence-corrected chi connectivity index (χ4v) is 4.00. The van der Waals surface area contributed by atoms with Gasteiger partial charge in [0.25, 0.3) is 5.91 Å². The topological polar surface area (TPSA) is 76.7 Å². The molecular weight excluding hydrogens is 428 g/mol. The molecule has 2 aliphatic rings. The van der Waals surface area contributed by atoms with Gasteiger partial charge in [0.1, 0.15) is 18.1 Å². The van der Waals surface area contributed by atoms with Gasteiger partial charge in [-0.1, -0.05) is 41.9 Å². The number of anilines is 1. The highest BCUT2D eigenvalue weighted by molar-refractivity contribution is 6.37. The molecule has 160 valence electrons. The third-order valence-corrected chi connectivity index (χ3v) is 5.69. The van der Waals surface area contributed by atoms with Crippen LogP contribution in [0.25, 0.3) is 11.6 Å². The van der Waals surface area contributed by atoms with Crippen LogP contribution in [0.15, 0.2) is 66.7 Å². The number of halogens is 1. The maximum absolute atomic E-state index is 12.3. The van der Waals surface area contributed by atoms with E-state index in [1.165, 1.54) is 0 Å². The van der Waals surface area contributed by atoms with Crippen LogP contribution in [0, 0.1) is 0 Å². The van der Waals surface area contributed by atoms with Crippen LogP contribution in [0.1, 0.15) is 16.7 Å². The lowest BCUT2D eigenvalue weighted by Crippen LogP contribution is -2.28. The van der Waals surface area contributed by atoms with Crippen LogP contribution in [-0.4, -0.2) is 24.6 Å². The molecule has 2 amide bonds. The number of para-hydroxylation sites is 1. The minimum atomic E-state index is -0.372.